The normalized spacial score (nSPS) is 11.2. The SMILES string of the molecule is O=C(CCCC(F)(F)Cl)Nc1cccnc1. The Hall–Kier alpha value is -1.23. The highest BCUT2D eigenvalue weighted by molar-refractivity contribution is 6.21. The fourth-order valence-electron chi connectivity index (χ4n) is 1.11. The maximum Gasteiger partial charge on any atom is 0.321 e. The van der Waals surface area contributed by atoms with E-state index in [9.17, 15) is 13.6 Å². The van der Waals surface area contributed by atoms with Crippen LogP contribution in [0.3, 0.4) is 0 Å². The number of rotatable bonds is 5. The van der Waals surface area contributed by atoms with Crippen molar-refractivity contribution in [1.29, 1.82) is 0 Å². The van der Waals surface area contributed by atoms with E-state index in [1.165, 1.54) is 6.20 Å². The zero-order valence-electron chi connectivity index (χ0n) is 8.42. The van der Waals surface area contributed by atoms with Crippen molar-refractivity contribution in [2.75, 3.05) is 5.32 Å². The van der Waals surface area contributed by atoms with Gasteiger partial charge in [-0.1, -0.05) is 0 Å². The minimum absolute atomic E-state index is 0.0111. The largest absolute Gasteiger partial charge is 0.325 e. The van der Waals surface area contributed by atoms with Crippen molar-refractivity contribution in [2.24, 2.45) is 0 Å². The van der Waals surface area contributed by atoms with Crippen molar-refractivity contribution in [2.45, 2.75) is 24.6 Å². The Bertz CT molecular complexity index is 340. The van der Waals surface area contributed by atoms with E-state index in [1.54, 1.807) is 18.3 Å². The molecule has 0 bridgehead atoms. The number of nitrogens with one attached hydrogen (secondary N) is 1. The highest BCUT2D eigenvalue weighted by Crippen LogP contribution is 2.25. The van der Waals surface area contributed by atoms with Crippen LogP contribution in [0.2, 0.25) is 0 Å². The van der Waals surface area contributed by atoms with E-state index in [1.807, 2.05) is 0 Å². The van der Waals surface area contributed by atoms with Crippen LogP contribution in [0, 0.1) is 0 Å². The molecule has 0 aliphatic rings. The zero-order valence-corrected chi connectivity index (χ0v) is 9.18. The molecule has 88 valence electrons. The van der Waals surface area contributed by atoms with Crippen molar-refractivity contribution >= 4 is 23.2 Å². The summed E-state index contributed by atoms with van der Waals surface area (Å²) in [6.45, 7) is 0. The van der Waals surface area contributed by atoms with E-state index >= 15 is 0 Å². The monoisotopic (exact) mass is 248 g/mol. The Morgan fingerprint density at radius 2 is 2.31 bits per heavy atom. The molecule has 0 fully saturated rings. The van der Waals surface area contributed by atoms with Gasteiger partial charge in [-0.3, -0.25) is 9.78 Å². The maximum atomic E-state index is 12.2. The minimum atomic E-state index is -3.23. The van der Waals surface area contributed by atoms with Crippen molar-refractivity contribution < 1.29 is 13.6 Å². The first kappa shape index (κ1) is 12.8. The summed E-state index contributed by atoms with van der Waals surface area (Å²) in [7, 11) is 0. The molecule has 6 heteroatoms. The van der Waals surface area contributed by atoms with Gasteiger partial charge < -0.3 is 5.32 Å². The van der Waals surface area contributed by atoms with E-state index in [2.05, 4.69) is 10.3 Å². The Morgan fingerprint density at radius 1 is 1.56 bits per heavy atom. The summed E-state index contributed by atoms with van der Waals surface area (Å²) in [5, 5.41) is -0.689. The lowest BCUT2D eigenvalue weighted by atomic mass is 10.2. The van der Waals surface area contributed by atoms with Crippen molar-refractivity contribution in [3.63, 3.8) is 0 Å². The van der Waals surface area contributed by atoms with Gasteiger partial charge in [0.15, 0.2) is 0 Å². The van der Waals surface area contributed by atoms with Crippen LogP contribution in [0.25, 0.3) is 0 Å². The van der Waals surface area contributed by atoms with Crippen LogP contribution < -0.4 is 5.32 Å². The summed E-state index contributed by atoms with van der Waals surface area (Å²) in [6.07, 6.45) is 2.60. The van der Waals surface area contributed by atoms with E-state index in [0.29, 0.717) is 5.69 Å². The van der Waals surface area contributed by atoms with Crippen LogP contribution in [0.5, 0.6) is 0 Å². The molecule has 3 nitrogen and oxygen atoms in total. The lowest BCUT2D eigenvalue weighted by molar-refractivity contribution is -0.116. The van der Waals surface area contributed by atoms with Crippen molar-refractivity contribution in [3.8, 4) is 0 Å². The molecule has 0 atom stereocenters. The van der Waals surface area contributed by atoms with Crippen LogP contribution in [0.1, 0.15) is 19.3 Å². The van der Waals surface area contributed by atoms with E-state index in [0.717, 1.165) is 0 Å². The second-order valence-corrected chi connectivity index (χ2v) is 3.81. The van der Waals surface area contributed by atoms with E-state index < -0.39 is 11.8 Å². The molecule has 0 aliphatic carbocycles. The van der Waals surface area contributed by atoms with Gasteiger partial charge in [-0.2, -0.15) is 8.78 Å². The fraction of sp³-hybridized carbons (Fsp3) is 0.400. The number of carbonyl (C=O) groups excluding carboxylic acids is 1. The number of amides is 1. The summed E-state index contributed by atoms with van der Waals surface area (Å²) in [4.78, 5) is 15.1. The van der Waals surface area contributed by atoms with Crippen LogP contribution in [0.4, 0.5) is 14.5 Å². The van der Waals surface area contributed by atoms with Gasteiger partial charge >= 0.3 is 5.38 Å². The summed E-state index contributed by atoms with van der Waals surface area (Å²) in [5.41, 5.74) is 0.546. The average Bonchev–Trinajstić information content (AvgIpc) is 2.17. The van der Waals surface area contributed by atoms with Gasteiger partial charge in [-0.05, 0) is 30.2 Å². The number of carbonyl (C=O) groups is 1. The topological polar surface area (TPSA) is 42.0 Å². The van der Waals surface area contributed by atoms with Gasteiger partial charge in [-0.25, -0.2) is 0 Å². The predicted molar refractivity (Wildman–Crippen MR) is 57.5 cm³/mol. The Kier molecular flexibility index (Phi) is 4.61. The third kappa shape index (κ3) is 5.60. The number of aromatic nitrogens is 1. The van der Waals surface area contributed by atoms with Gasteiger partial charge in [0.2, 0.25) is 5.91 Å². The second-order valence-electron chi connectivity index (χ2n) is 3.26. The Morgan fingerprint density at radius 3 is 2.88 bits per heavy atom. The summed E-state index contributed by atoms with van der Waals surface area (Å²) in [5.74, 6) is -0.325. The smallest absolute Gasteiger partial charge is 0.321 e. The van der Waals surface area contributed by atoms with Crippen molar-refractivity contribution in [3.05, 3.63) is 24.5 Å². The molecule has 1 amide bonds. The molecule has 0 unspecified atom stereocenters. The molecular formula is C10H11ClF2N2O. The molecule has 0 spiro atoms. The molecule has 1 aromatic heterocycles. The van der Waals surface area contributed by atoms with E-state index in [-0.39, 0.29) is 18.7 Å². The molecule has 0 saturated heterocycles. The summed E-state index contributed by atoms with van der Waals surface area (Å²) in [6, 6.07) is 3.34. The molecule has 1 heterocycles. The van der Waals surface area contributed by atoms with Gasteiger partial charge in [0.05, 0.1) is 11.9 Å². The van der Waals surface area contributed by atoms with Crippen LogP contribution in [-0.4, -0.2) is 16.3 Å². The lowest BCUT2D eigenvalue weighted by Gasteiger charge is -2.07. The van der Waals surface area contributed by atoms with Crippen LogP contribution in [-0.2, 0) is 4.79 Å². The number of pyridine rings is 1. The van der Waals surface area contributed by atoms with Crippen LogP contribution in [0.15, 0.2) is 24.5 Å². The first-order valence-corrected chi connectivity index (χ1v) is 5.12. The quantitative estimate of drug-likeness (QED) is 0.814. The Balaban J connectivity index is 2.27. The number of alkyl halides is 3. The molecule has 0 radical (unpaired) electrons. The van der Waals surface area contributed by atoms with Gasteiger partial charge in [0.25, 0.3) is 0 Å². The number of halogens is 3. The maximum absolute atomic E-state index is 12.2. The van der Waals surface area contributed by atoms with Crippen molar-refractivity contribution in [1.82, 2.24) is 4.98 Å². The zero-order chi connectivity index (χ0) is 12.0. The third-order valence-electron chi connectivity index (χ3n) is 1.81. The van der Waals surface area contributed by atoms with Crippen LogP contribution >= 0.6 is 11.6 Å². The lowest BCUT2D eigenvalue weighted by Crippen LogP contribution is -2.13. The van der Waals surface area contributed by atoms with Gasteiger partial charge in [-0.15, -0.1) is 0 Å². The summed E-state index contributed by atoms with van der Waals surface area (Å²) >= 11 is 4.70. The number of nitrogens with zero attached hydrogens (tertiary/aromatic N) is 1. The average molecular weight is 249 g/mol. The fourth-order valence-corrected chi connectivity index (χ4v) is 1.24. The highest BCUT2D eigenvalue weighted by Gasteiger charge is 2.23. The molecular weight excluding hydrogens is 238 g/mol. The third-order valence-corrected chi connectivity index (χ3v) is 2.00. The molecule has 1 N–H and O–H groups in total. The molecule has 0 saturated carbocycles. The minimum Gasteiger partial charge on any atom is -0.325 e. The van der Waals surface area contributed by atoms with Gasteiger partial charge in [0.1, 0.15) is 0 Å². The second kappa shape index (κ2) is 5.75. The predicted octanol–water partition coefficient (Wildman–Crippen LogP) is 3.02. The molecule has 0 aliphatic heterocycles. The molecule has 1 aromatic rings. The number of hydrogen-bond acceptors (Lipinski definition) is 2. The molecule has 0 aromatic carbocycles. The standard InChI is InChI=1S/C10H11ClF2N2O/c11-10(12,13)5-1-4-9(16)15-8-3-2-6-14-7-8/h2-3,6-7H,1,4-5H2,(H,15,16). The first-order chi connectivity index (χ1) is 7.47. The number of anilines is 1. The summed E-state index contributed by atoms with van der Waals surface area (Å²) < 4.78 is 24.4. The number of hydrogen-bond donors (Lipinski definition) is 1. The Labute approximate surface area is 96.8 Å². The highest BCUT2D eigenvalue weighted by atomic mass is 35.5. The van der Waals surface area contributed by atoms with Gasteiger partial charge in [0, 0.05) is 19.0 Å². The van der Waals surface area contributed by atoms with E-state index in [4.69, 9.17) is 11.6 Å². The molecule has 1 rings (SSSR count). The first-order valence-electron chi connectivity index (χ1n) is 4.74. The molecule has 16 heavy (non-hydrogen) atoms.